The van der Waals surface area contributed by atoms with Gasteiger partial charge in [-0.2, -0.15) is 4.98 Å². The minimum absolute atomic E-state index is 0.0130. The van der Waals surface area contributed by atoms with E-state index < -0.39 is 0 Å². The van der Waals surface area contributed by atoms with Crippen molar-refractivity contribution in [3.05, 3.63) is 30.5 Å². The van der Waals surface area contributed by atoms with Gasteiger partial charge < -0.3 is 24.4 Å². The zero-order valence-electron chi connectivity index (χ0n) is 16.4. The maximum absolute atomic E-state index is 13.3. The monoisotopic (exact) mass is 385 g/mol. The van der Waals surface area contributed by atoms with Gasteiger partial charge in [0.05, 0.1) is 7.11 Å². The van der Waals surface area contributed by atoms with E-state index in [1.54, 1.807) is 25.6 Å². The predicted molar refractivity (Wildman–Crippen MR) is 104 cm³/mol. The Labute approximate surface area is 164 Å². The van der Waals surface area contributed by atoms with Crippen LogP contribution in [0.5, 0.6) is 5.88 Å². The molecule has 9 heteroatoms. The number of carbonyl (C=O) groups excluding carboxylic acids is 1. The molecule has 150 valence electrons. The Hall–Kier alpha value is -2.68. The molecule has 0 aromatic carbocycles. The van der Waals surface area contributed by atoms with Crippen LogP contribution in [0.2, 0.25) is 0 Å². The summed E-state index contributed by atoms with van der Waals surface area (Å²) in [6, 6.07) is 1.73. The summed E-state index contributed by atoms with van der Waals surface area (Å²) in [5, 5.41) is 3.39. The van der Waals surface area contributed by atoms with Crippen LogP contribution in [0.15, 0.2) is 24.7 Å². The summed E-state index contributed by atoms with van der Waals surface area (Å²) in [5.74, 6) is 2.42. The first-order chi connectivity index (χ1) is 13.7. The summed E-state index contributed by atoms with van der Waals surface area (Å²) in [7, 11) is 3.58. The van der Waals surface area contributed by atoms with Crippen LogP contribution >= 0.6 is 0 Å². The number of piperidine rings is 1. The quantitative estimate of drug-likeness (QED) is 0.825. The number of hydrogen-bond acceptors (Lipinski definition) is 7. The molecule has 1 amide bonds. The van der Waals surface area contributed by atoms with Gasteiger partial charge in [0.15, 0.2) is 0 Å². The summed E-state index contributed by atoms with van der Waals surface area (Å²) in [6.45, 7) is 3.82. The second-order valence-electron chi connectivity index (χ2n) is 7.31. The van der Waals surface area contributed by atoms with Gasteiger partial charge in [-0.05, 0) is 12.8 Å². The van der Waals surface area contributed by atoms with Crippen molar-refractivity contribution in [3.63, 3.8) is 0 Å². The molecule has 2 fully saturated rings. The van der Waals surface area contributed by atoms with E-state index >= 15 is 0 Å². The molecule has 0 radical (unpaired) electrons. The number of nitrogens with zero attached hydrogens (tertiary/aromatic N) is 6. The highest BCUT2D eigenvalue weighted by atomic mass is 16.5. The fraction of sp³-hybridized carbons (Fsp3) is 0.579. The first-order valence-corrected chi connectivity index (χ1v) is 9.77. The lowest BCUT2D eigenvalue weighted by Crippen LogP contribution is -2.52. The van der Waals surface area contributed by atoms with Gasteiger partial charge in [0.25, 0.3) is 0 Å². The van der Waals surface area contributed by atoms with Crippen LogP contribution < -0.4 is 15.0 Å². The number of methoxy groups -OCH3 is 1. The maximum Gasteiger partial charge on any atom is 0.228 e. The molecule has 2 saturated heterocycles. The van der Waals surface area contributed by atoms with E-state index in [2.05, 4.69) is 25.2 Å². The number of hydrogen-bond donors (Lipinski definition) is 1. The lowest BCUT2D eigenvalue weighted by Gasteiger charge is -2.39. The Balaban J connectivity index is 1.42. The van der Waals surface area contributed by atoms with Crippen molar-refractivity contribution in [2.75, 3.05) is 44.7 Å². The Morgan fingerprint density at radius 1 is 1.21 bits per heavy atom. The van der Waals surface area contributed by atoms with Gasteiger partial charge in [0, 0.05) is 70.3 Å². The van der Waals surface area contributed by atoms with Gasteiger partial charge in [0.2, 0.25) is 17.7 Å². The topological polar surface area (TPSA) is 88.4 Å². The summed E-state index contributed by atoms with van der Waals surface area (Å²) in [5.41, 5.74) is 0. The summed E-state index contributed by atoms with van der Waals surface area (Å²) >= 11 is 0. The number of aryl methyl sites for hydroxylation is 1. The fourth-order valence-corrected chi connectivity index (χ4v) is 4.06. The SMILES string of the molecule is COc1ccnc(N2CCC(C(=O)N3CCNCC3c3nccn3C)CC2)n1. The average molecular weight is 385 g/mol. The number of nitrogens with one attached hydrogen (secondary N) is 1. The number of carbonyl (C=O) groups is 1. The van der Waals surface area contributed by atoms with Crippen LogP contribution in [0.1, 0.15) is 24.7 Å². The predicted octanol–water partition coefficient (Wildman–Crippen LogP) is 0.608. The van der Waals surface area contributed by atoms with Gasteiger partial charge in [-0.1, -0.05) is 0 Å². The molecule has 0 spiro atoms. The molecule has 2 aromatic rings. The van der Waals surface area contributed by atoms with Crippen LogP contribution in [0, 0.1) is 5.92 Å². The van der Waals surface area contributed by atoms with E-state index in [0.717, 1.165) is 51.4 Å². The largest absolute Gasteiger partial charge is 0.481 e. The fourth-order valence-electron chi connectivity index (χ4n) is 4.06. The van der Waals surface area contributed by atoms with Crippen LogP contribution in [-0.2, 0) is 11.8 Å². The summed E-state index contributed by atoms with van der Waals surface area (Å²) < 4.78 is 7.19. The molecule has 1 unspecified atom stereocenters. The minimum Gasteiger partial charge on any atom is -0.481 e. The molecule has 0 bridgehead atoms. The Morgan fingerprint density at radius 2 is 2.04 bits per heavy atom. The first kappa shape index (κ1) is 18.7. The van der Waals surface area contributed by atoms with Crippen LogP contribution in [0.4, 0.5) is 5.95 Å². The number of aromatic nitrogens is 4. The Morgan fingerprint density at radius 3 is 2.75 bits per heavy atom. The molecule has 4 rings (SSSR count). The van der Waals surface area contributed by atoms with Crippen LogP contribution in [0.3, 0.4) is 0 Å². The van der Waals surface area contributed by atoms with Crippen LogP contribution in [0.25, 0.3) is 0 Å². The molecule has 1 atom stereocenters. The normalized spacial score (nSPS) is 21.0. The zero-order valence-corrected chi connectivity index (χ0v) is 16.4. The molecule has 9 nitrogen and oxygen atoms in total. The van der Waals surface area contributed by atoms with Crippen molar-refractivity contribution in [1.29, 1.82) is 0 Å². The number of ether oxygens (including phenoxy) is 1. The molecule has 1 N–H and O–H groups in total. The van der Waals surface area contributed by atoms with E-state index in [9.17, 15) is 4.79 Å². The van der Waals surface area contributed by atoms with Crippen molar-refractivity contribution < 1.29 is 9.53 Å². The molecule has 4 heterocycles. The van der Waals surface area contributed by atoms with Gasteiger partial charge in [-0.25, -0.2) is 9.97 Å². The summed E-state index contributed by atoms with van der Waals surface area (Å²) in [6.07, 6.45) is 7.03. The molecular weight excluding hydrogens is 358 g/mol. The Bertz CT molecular complexity index is 816. The highest BCUT2D eigenvalue weighted by Gasteiger charge is 2.35. The molecular formula is C19H27N7O2. The third kappa shape index (κ3) is 3.66. The molecule has 0 aliphatic carbocycles. The van der Waals surface area contributed by atoms with E-state index in [1.165, 1.54) is 0 Å². The summed E-state index contributed by atoms with van der Waals surface area (Å²) in [4.78, 5) is 30.7. The lowest BCUT2D eigenvalue weighted by atomic mass is 9.94. The van der Waals surface area contributed by atoms with Crippen molar-refractivity contribution in [2.24, 2.45) is 13.0 Å². The standard InChI is InChI=1S/C19H27N7O2/c1-24-11-8-21-17(24)15-13-20-7-12-26(15)18(27)14-4-9-25(10-5-14)19-22-6-3-16(23-19)28-2/h3,6,8,11,14-15,20H,4-5,7,9-10,12-13H2,1-2H3. The van der Waals surface area contributed by atoms with E-state index in [1.807, 2.05) is 22.7 Å². The van der Waals surface area contributed by atoms with Crippen molar-refractivity contribution in [2.45, 2.75) is 18.9 Å². The second kappa shape index (κ2) is 8.14. The number of rotatable bonds is 4. The van der Waals surface area contributed by atoms with Gasteiger partial charge in [0.1, 0.15) is 11.9 Å². The van der Waals surface area contributed by atoms with E-state index in [-0.39, 0.29) is 17.9 Å². The number of anilines is 1. The van der Waals surface area contributed by atoms with Crippen molar-refractivity contribution in [3.8, 4) is 5.88 Å². The second-order valence-corrected chi connectivity index (χ2v) is 7.31. The van der Waals surface area contributed by atoms with Crippen molar-refractivity contribution >= 4 is 11.9 Å². The Kier molecular flexibility index (Phi) is 5.43. The first-order valence-electron chi connectivity index (χ1n) is 9.77. The molecule has 2 aromatic heterocycles. The maximum atomic E-state index is 13.3. The smallest absolute Gasteiger partial charge is 0.228 e. The highest BCUT2D eigenvalue weighted by Crippen LogP contribution is 2.28. The molecule has 2 aliphatic heterocycles. The van der Waals surface area contributed by atoms with Crippen molar-refractivity contribution in [1.82, 2.24) is 29.7 Å². The number of amides is 1. The number of piperazine rings is 1. The molecule has 28 heavy (non-hydrogen) atoms. The van der Waals surface area contributed by atoms with Gasteiger partial charge in [-0.15, -0.1) is 0 Å². The van der Waals surface area contributed by atoms with E-state index in [4.69, 9.17) is 4.74 Å². The van der Waals surface area contributed by atoms with E-state index in [0.29, 0.717) is 11.8 Å². The number of imidazole rings is 1. The average Bonchev–Trinajstić information content (AvgIpc) is 3.19. The molecule has 0 saturated carbocycles. The minimum atomic E-state index is -0.0130. The highest BCUT2D eigenvalue weighted by molar-refractivity contribution is 5.79. The third-order valence-electron chi connectivity index (χ3n) is 5.64. The zero-order chi connectivity index (χ0) is 19.5. The molecule has 2 aliphatic rings. The van der Waals surface area contributed by atoms with Gasteiger partial charge >= 0.3 is 0 Å². The van der Waals surface area contributed by atoms with Gasteiger partial charge in [-0.3, -0.25) is 4.79 Å². The van der Waals surface area contributed by atoms with Crippen LogP contribution in [-0.4, -0.2) is 70.2 Å². The lowest BCUT2D eigenvalue weighted by molar-refractivity contribution is -0.139. The third-order valence-corrected chi connectivity index (χ3v) is 5.64.